The standard InChI is InChI=1S/C22H26N2O3/c25-21-22(17-5-1-2-6-18(17)23-21)10-12-24(13-11-22)15-16-8-9-20(27-16)19-7-3-4-14-26-19/h1-2,5-6,8-9,19H,3-4,7,10-15H2,(H,23,25). The first-order chi connectivity index (χ1) is 13.2. The summed E-state index contributed by atoms with van der Waals surface area (Å²) in [6.07, 6.45) is 5.24. The Morgan fingerprint density at radius 3 is 2.78 bits per heavy atom. The molecule has 5 heteroatoms. The van der Waals surface area contributed by atoms with E-state index in [1.807, 2.05) is 18.2 Å². The first kappa shape index (κ1) is 17.0. The smallest absolute Gasteiger partial charge is 0.235 e. The summed E-state index contributed by atoms with van der Waals surface area (Å²) in [4.78, 5) is 15.1. The Bertz CT molecular complexity index is 830. The number of amides is 1. The summed E-state index contributed by atoms with van der Waals surface area (Å²) in [5.74, 6) is 2.12. The molecule has 2 saturated heterocycles. The number of carbonyl (C=O) groups is 1. The van der Waals surface area contributed by atoms with Gasteiger partial charge in [0.15, 0.2) is 0 Å². The van der Waals surface area contributed by atoms with E-state index in [1.54, 1.807) is 0 Å². The molecule has 0 bridgehead atoms. The number of fused-ring (bicyclic) bond motifs is 2. The van der Waals surface area contributed by atoms with Crippen LogP contribution in [0, 0.1) is 0 Å². The Kier molecular flexibility index (Phi) is 4.29. The lowest BCUT2D eigenvalue weighted by atomic mass is 9.73. The molecule has 1 amide bonds. The number of ether oxygens (including phenoxy) is 1. The van der Waals surface area contributed by atoms with Crippen molar-refractivity contribution >= 4 is 11.6 Å². The van der Waals surface area contributed by atoms with Crippen molar-refractivity contribution < 1.29 is 13.9 Å². The maximum absolute atomic E-state index is 12.7. The molecule has 5 rings (SSSR count). The Balaban J connectivity index is 1.24. The number of rotatable bonds is 3. The lowest BCUT2D eigenvalue weighted by molar-refractivity contribution is -0.122. The highest BCUT2D eigenvalue weighted by Gasteiger charge is 2.48. The van der Waals surface area contributed by atoms with Gasteiger partial charge in [-0.1, -0.05) is 18.2 Å². The molecule has 1 aromatic carbocycles. The van der Waals surface area contributed by atoms with Gasteiger partial charge in [0, 0.05) is 12.3 Å². The van der Waals surface area contributed by atoms with Gasteiger partial charge in [0.2, 0.25) is 5.91 Å². The molecule has 3 aliphatic heterocycles. The fourth-order valence-electron chi connectivity index (χ4n) is 4.80. The SMILES string of the molecule is O=C1Nc2ccccc2C12CCN(Cc1ccc(C3CCCCO3)o1)CC2. The van der Waals surface area contributed by atoms with Crippen LogP contribution in [0.2, 0.25) is 0 Å². The zero-order valence-electron chi connectivity index (χ0n) is 15.6. The van der Waals surface area contributed by atoms with E-state index in [-0.39, 0.29) is 17.4 Å². The summed E-state index contributed by atoms with van der Waals surface area (Å²) in [6, 6.07) is 12.3. The zero-order valence-corrected chi connectivity index (χ0v) is 15.6. The summed E-state index contributed by atoms with van der Waals surface area (Å²) in [5.41, 5.74) is 1.81. The maximum atomic E-state index is 12.7. The predicted octanol–water partition coefficient (Wildman–Crippen LogP) is 4.01. The summed E-state index contributed by atoms with van der Waals surface area (Å²) in [5, 5.41) is 3.07. The fraction of sp³-hybridized carbons (Fsp3) is 0.500. The van der Waals surface area contributed by atoms with Crippen LogP contribution in [0.3, 0.4) is 0 Å². The van der Waals surface area contributed by atoms with Crippen molar-refractivity contribution in [3.63, 3.8) is 0 Å². The molecule has 142 valence electrons. The molecule has 0 saturated carbocycles. The van der Waals surface area contributed by atoms with Crippen molar-refractivity contribution in [2.45, 2.75) is 50.2 Å². The minimum atomic E-state index is -0.350. The Morgan fingerprint density at radius 1 is 1.11 bits per heavy atom. The van der Waals surface area contributed by atoms with Gasteiger partial charge in [-0.15, -0.1) is 0 Å². The lowest BCUT2D eigenvalue weighted by Crippen LogP contribution is -2.46. The molecular weight excluding hydrogens is 340 g/mol. The lowest BCUT2D eigenvalue weighted by Gasteiger charge is -2.37. The normalized spacial score (nSPS) is 24.7. The third-order valence-corrected chi connectivity index (χ3v) is 6.39. The summed E-state index contributed by atoms with van der Waals surface area (Å²) in [6.45, 7) is 3.43. The Labute approximate surface area is 159 Å². The molecular formula is C22H26N2O3. The van der Waals surface area contributed by atoms with Gasteiger partial charge in [0.05, 0.1) is 12.0 Å². The molecule has 0 aliphatic carbocycles. The summed E-state index contributed by atoms with van der Waals surface area (Å²) < 4.78 is 11.9. The van der Waals surface area contributed by atoms with Crippen LogP contribution in [0.5, 0.6) is 0 Å². The molecule has 4 heterocycles. The predicted molar refractivity (Wildman–Crippen MR) is 103 cm³/mol. The molecule has 2 fully saturated rings. The van der Waals surface area contributed by atoms with Crippen molar-refractivity contribution in [1.82, 2.24) is 4.90 Å². The maximum Gasteiger partial charge on any atom is 0.235 e. The van der Waals surface area contributed by atoms with E-state index in [2.05, 4.69) is 28.4 Å². The quantitative estimate of drug-likeness (QED) is 0.892. The number of piperidine rings is 1. The fourth-order valence-corrected chi connectivity index (χ4v) is 4.80. The molecule has 0 radical (unpaired) electrons. The van der Waals surface area contributed by atoms with Crippen LogP contribution in [0.4, 0.5) is 5.69 Å². The first-order valence-electron chi connectivity index (χ1n) is 10.1. The second kappa shape index (κ2) is 6.80. The van der Waals surface area contributed by atoms with Crippen LogP contribution >= 0.6 is 0 Å². The largest absolute Gasteiger partial charge is 0.462 e. The highest BCUT2D eigenvalue weighted by Crippen LogP contribution is 2.44. The molecule has 1 N–H and O–H groups in total. The van der Waals surface area contributed by atoms with Crippen LogP contribution in [0.1, 0.15) is 55.3 Å². The van der Waals surface area contributed by atoms with Gasteiger partial charge < -0.3 is 14.5 Å². The monoisotopic (exact) mass is 366 g/mol. The number of furan rings is 1. The van der Waals surface area contributed by atoms with Gasteiger partial charge in [0.1, 0.15) is 17.6 Å². The third-order valence-electron chi connectivity index (χ3n) is 6.39. The zero-order chi connectivity index (χ0) is 18.3. The van der Waals surface area contributed by atoms with E-state index in [4.69, 9.17) is 9.15 Å². The summed E-state index contributed by atoms with van der Waals surface area (Å²) in [7, 11) is 0. The van der Waals surface area contributed by atoms with Crippen LogP contribution in [0.25, 0.3) is 0 Å². The van der Waals surface area contributed by atoms with Gasteiger partial charge in [0.25, 0.3) is 0 Å². The minimum absolute atomic E-state index is 0.121. The number of carbonyl (C=O) groups excluding carboxylic acids is 1. The number of nitrogens with zero attached hydrogens (tertiary/aromatic N) is 1. The van der Waals surface area contributed by atoms with Crippen LogP contribution in [-0.2, 0) is 21.5 Å². The second-order valence-electron chi connectivity index (χ2n) is 8.02. The van der Waals surface area contributed by atoms with Crippen molar-refractivity contribution in [2.24, 2.45) is 0 Å². The minimum Gasteiger partial charge on any atom is -0.462 e. The second-order valence-corrected chi connectivity index (χ2v) is 8.02. The van der Waals surface area contributed by atoms with Crippen molar-refractivity contribution in [1.29, 1.82) is 0 Å². The van der Waals surface area contributed by atoms with Gasteiger partial charge in [-0.2, -0.15) is 0 Å². The molecule has 1 spiro atoms. The molecule has 1 aromatic heterocycles. The van der Waals surface area contributed by atoms with Crippen molar-refractivity contribution in [2.75, 3.05) is 25.0 Å². The van der Waals surface area contributed by atoms with E-state index in [9.17, 15) is 4.79 Å². The van der Waals surface area contributed by atoms with Gasteiger partial charge >= 0.3 is 0 Å². The average Bonchev–Trinajstić information content (AvgIpc) is 3.28. The highest BCUT2D eigenvalue weighted by molar-refractivity contribution is 6.06. The van der Waals surface area contributed by atoms with E-state index < -0.39 is 0 Å². The number of nitrogens with one attached hydrogen (secondary N) is 1. The molecule has 1 unspecified atom stereocenters. The van der Waals surface area contributed by atoms with Gasteiger partial charge in [-0.25, -0.2) is 0 Å². The Morgan fingerprint density at radius 2 is 1.96 bits per heavy atom. The van der Waals surface area contributed by atoms with Crippen LogP contribution in [-0.4, -0.2) is 30.5 Å². The van der Waals surface area contributed by atoms with Gasteiger partial charge in [-0.3, -0.25) is 9.69 Å². The number of benzene rings is 1. The number of anilines is 1. The van der Waals surface area contributed by atoms with Crippen LogP contribution < -0.4 is 5.32 Å². The van der Waals surface area contributed by atoms with Crippen LogP contribution in [0.15, 0.2) is 40.8 Å². The highest BCUT2D eigenvalue weighted by atomic mass is 16.5. The Hall–Kier alpha value is -2.11. The number of hydrogen-bond acceptors (Lipinski definition) is 4. The number of hydrogen-bond donors (Lipinski definition) is 1. The average molecular weight is 366 g/mol. The summed E-state index contributed by atoms with van der Waals surface area (Å²) >= 11 is 0. The molecule has 5 nitrogen and oxygen atoms in total. The number of para-hydroxylation sites is 1. The third kappa shape index (κ3) is 2.99. The van der Waals surface area contributed by atoms with E-state index >= 15 is 0 Å². The molecule has 3 aliphatic rings. The van der Waals surface area contributed by atoms with Gasteiger partial charge in [-0.05, 0) is 69.0 Å². The molecule has 27 heavy (non-hydrogen) atoms. The first-order valence-corrected chi connectivity index (χ1v) is 10.1. The molecule has 1 atom stereocenters. The molecule has 2 aromatic rings. The van der Waals surface area contributed by atoms with Crippen molar-refractivity contribution in [3.8, 4) is 0 Å². The van der Waals surface area contributed by atoms with E-state index in [1.165, 1.54) is 12.0 Å². The van der Waals surface area contributed by atoms with E-state index in [0.29, 0.717) is 0 Å². The topological polar surface area (TPSA) is 54.7 Å². The number of likely N-dealkylation sites (tertiary alicyclic amines) is 1. The van der Waals surface area contributed by atoms with E-state index in [0.717, 1.165) is 69.1 Å². The van der Waals surface area contributed by atoms with Crippen molar-refractivity contribution in [3.05, 3.63) is 53.5 Å².